The minimum Gasteiger partial charge on any atom is -0.481 e. The lowest BCUT2D eigenvalue weighted by atomic mass is 9.87. The van der Waals surface area contributed by atoms with Gasteiger partial charge in [-0.15, -0.1) is 0 Å². The van der Waals surface area contributed by atoms with Crippen LogP contribution in [-0.4, -0.2) is 33.5 Å². The van der Waals surface area contributed by atoms with Gasteiger partial charge in [0, 0.05) is 12.8 Å². The van der Waals surface area contributed by atoms with Crippen molar-refractivity contribution in [1.82, 2.24) is 0 Å². The molecule has 6 heteroatoms. The number of carboxylic acids is 2. The first-order valence-corrected chi connectivity index (χ1v) is 7.62. The Hall–Kier alpha value is -1.43. The second-order valence-electron chi connectivity index (χ2n) is 5.46. The molecule has 0 bridgehead atoms. The number of hydrogen-bond donors (Lipinski definition) is 3. The van der Waals surface area contributed by atoms with Gasteiger partial charge in [0.25, 0.3) is 0 Å². The third-order valence-corrected chi connectivity index (χ3v) is 3.62. The van der Waals surface area contributed by atoms with Gasteiger partial charge < -0.3 is 15.9 Å². The number of ketones is 1. The highest BCUT2D eigenvalue weighted by Crippen LogP contribution is 2.17. The number of unbranched alkanes of at least 4 members (excludes halogenated alkanes) is 6. The van der Waals surface area contributed by atoms with Crippen molar-refractivity contribution in [2.24, 2.45) is 5.73 Å². The van der Waals surface area contributed by atoms with E-state index in [-0.39, 0.29) is 12.8 Å². The van der Waals surface area contributed by atoms with Gasteiger partial charge in [-0.05, 0) is 12.8 Å². The van der Waals surface area contributed by atoms with E-state index in [1.807, 2.05) is 0 Å². The summed E-state index contributed by atoms with van der Waals surface area (Å²) < 4.78 is 0. The summed E-state index contributed by atoms with van der Waals surface area (Å²) >= 11 is 0. The molecule has 0 heterocycles. The van der Waals surface area contributed by atoms with E-state index in [2.05, 4.69) is 6.92 Å². The van der Waals surface area contributed by atoms with E-state index in [1.54, 1.807) is 0 Å². The summed E-state index contributed by atoms with van der Waals surface area (Å²) in [6.07, 6.45) is 6.47. The molecule has 0 spiro atoms. The van der Waals surface area contributed by atoms with Crippen LogP contribution >= 0.6 is 0 Å². The predicted molar refractivity (Wildman–Crippen MR) is 79.0 cm³/mol. The fourth-order valence-corrected chi connectivity index (χ4v) is 2.14. The van der Waals surface area contributed by atoms with Gasteiger partial charge in [0.15, 0.2) is 11.3 Å². The highest BCUT2D eigenvalue weighted by molar-refractivity contribution is 6.07. The topological polar surface area (TPSA) is 118 Å². The van der Waals surface area contributed by atoms with Gasteiger partial charge in [0.05, 0.1) is 0 Å². The fraction of sp³-hybridized carbons (Fsp3) is 0.800. The number of carboxylic acid groups (broad SMARTS) is 2. The van der Waals surface area contributed by atoms with Crippen LogP contribution in [0.3, 0.4) is 0 Å². The Bertz CT molecular complexity index is 356. The molecule has 0 saturated carbocycles. The van der Waals surface area contributed by atoms with Crippen LogP contribution in [0.4, 0.5) is 0 Å². The van der Waals surface area contributed by atoms with Gasteiger partial charge in [-0.25, -0.2) is 4.79 Å². The van der Waals surface area contributed by atoms with Gasteiger partial charge >= 0.3 is 11.9 Å². The van der Waals surface area contributed by atoms with E-state index in [0.717, 1.165) is 19.3 Å². The normalized spacial score (nSPS) is 13.6. The molecule has 0 radical (unpaired) electrons. The highest BCUT2D eigenvalue weighted by Gasteiger charge is 2.41. The molecule has 0 amide bonds. The summed E-state index contributed by atoms with van der Waals surface area (Å²) in [7, 11) is 0. The number of aliphatic carboxylic acids is 2. The number of Topliss-reactive ketones (excluding diaryl/α,β-unsaturated/α-hetero) is 1. The minimum absolute atomic E-state index is 0.0934. The first-order valence-electron chi connectivity index (χ1n) is 7.62. The summed E-state index contributed by atoms with van der Waals surface area (Å²) in [6, 6.07) is 0. The maximum atomic E-state index is 12.0. The van der Waals surface area contributed by atoms with Crippen molar-refractivity contribution in [2.75, 3.05) is 0 Å². The second-order valence-corrected chi connectivity index (χ2v) is 5.46. The number of carbonyl (C=O) groups excluding carboxylic acids is 1. The van der Waals surface area contributed by atoms with Crippen molar-refractivity contribution in [1.29, 1.82) is 0 Å². The summed E-state index contributed by atoms with van der Waals surface area (Å²) in [6.45, 7) is 2.14. The summed E-state index contributed by atoms with van der Waals surface area (Å²) in [5.41, 5.74) is 3.53. The van der Waals surface area contributed by atoms with Crippen LogP contribution in [0.2, 0.25) is 0 Å². The molecule has 0 aromatic rings. The molecule has 1 atom stereocenters. The van der Waals surface area contributed by atoms with Gasteiger partial charge in [-0.1, -0.05) is 45.4 Å². The molecule has 0 unspecified atom stereocenters. The quantitative estimate of drug-likeness (QED) is 0.355. The van der Waals surface area contributed by atoms with Crippen LogP contribution in [0, 0.1) is 0 Å². The molecular formula is C15H27NO5. The van der Waals surface area contributed by atoms with Crippen molar-refractivity contribution < 1.29 is 24.6 Å². The van der Waals surface area contributed by atoms with Crippen LogP contribution in [0.1, 0.15) is 71.1 Å². The van der Waals surface area contributed by atoms with Crippen LogP contribution < -0.4 is 5.73 Å². The Morgan fingerprint density at radius 3 is 1.90 bits per heavy atom. The molecule has 0 aliphatic carbocycles. The van der Waals surface area contributed by atoms with Crippen molar-refractivity contribution in [2.45, 2.75) is 76.7 Å². The standard InChI is InChI=1S/C15H27NO5/c1-2-3-4-5-6-7-8-9-12(17)15(16,14(20)21)11-10-13(18)19/h2-11,16H2,1H3,(H,18,19)(H,20,21)/t15-/m0/s1. The third-order valence-electron chi connectivity index (χ3n) is 3.62. The summed E-state index contributed by atoms with van der Waals surface area (Å²) in [5, 5.41) is 17.7. The molecule has 0 saturated heterocycles. The first-order chi connectivity index (χ1) is 9.84. The summed E-state index contributed by atoms with van der Waals surface area (Å²) in [5.74, 6) is -3.18. The first kappa shape index (κ1) is 19.6. The van der Waals surface area contributed by atoms with E-state index in [4.69, 9.17) is 15.9 Å². The molecule has 0 aliphatic heterocycles. The lowest BCUT2D eigenvalue weighted by Gasteiger charge is -2.22. The van der Waals surface area contributed by atoms with Gasteiger partial charge in [0.1, 0.15) is 0 Å². The monoisotopic (exact) mass is 301 g/mol. The lowest BCUT2D eigenvalue weighted by Crippen LogP contribution is -2.55. The van der Waals surface area contributed by atoms with Crippen LogP contribution in [0.15, 0.2) is 0 Å². The Morgan fingerprint density at radius 2 is 1.43 bits per heavy atom. The van der Waals surface area contributed by atoms with Crippen molar-refractivity contribution in [3.63, 3.8) is 0 Å². The Labute approximate surface area is 125 Å². The highest BCUT2D eigenvalue weighted by atomic mass is 16.4. The molecule has 0 aromatic heterocycles. The van der Waals surface area contributed by atoms with E-state index in [0.29, 0.717) is 6.42 Å². The zero-order valence-corrected chi connectivity index (χ0v) is 12.8. The molecule has 21 heavy (non-hydrogen) atoms. The van der Waals surface area contributed by atoms with Crippen molar-refractivity contribution >= 4 is 17.7 Å². The zero-order valence-electron chi connectivity index (χ0n) is 12.8. The van der Waals surface area contributed by atoms with Crippen LogP contribution in [0.5, 0.6) is 0 Å². The molecule has 0 aromatic carbocycles. The maximum absolute atomic E-state index is 12.0. The molecule has 4 N–H and O–H groups in total. The van der Waals surface area contributed by atoms with E-state index in [1.165, 1.54) is 19.3 Å². The van der Waals surface area contributed by atoms with Gasteiger partial charge in [0.2, 0.25) is 0 Å². The molecule has 6 nitrogen and oxygen atoms in total. The molecule has 122 valence electrons. The average molecular weight is 301 g/mol. The average Bonchev–Trinajstić information content (AvgIpc) is 2.43. The Kier molecular flexibility index (Phi) is 9.62. The Morgan fingerprint density at radius 1 is 0.905 bits per heavy atom. The van der Waals surface area contributed by atoms with Crippen molar-refractivity contribution in [3.05, 3.63) is 0 Å². The van der Waals surface area contributed by atoms with Crippen molar-refractivity contribution in [3.8, 4) is 0 Å². The fourth-order valence-electron chi connectivity index (χ4n) is 2.14. The molecule has 0 rings (SSSR count). The van der Waals surface area contributed by atoms with E-state index in [9.17, 15) is 14.4 Å². The smallest absolute Gasteiger partial charge is 0.331 e. The number of carbonyl (C=O) groups is 3. The molecular weight excluding hydrogens is 274 g/mol. The van der Waals surface area contributed by atoms with Gasteiger partial charge in [-0.2, -0.15) is 0 Å². The third kappa shape index (κ3) is 7.80. The molecule has 0 aliphatic rings. The number of hydrogen-bond acceptors (Lipinski definition) is 4. The van der Waals surface area contributed by atoms with Gasteiger partial charge in [-0.3, -0.25) is 9.59 Å². The largest absolute Gasteiger partial charge is 0.481 e. The zero-order chi connectivity index (χ0) is 16.3. The summed E-state index contributed by atoms with van der Waals surface area (Å²) in [4.78, 5) is 33.6. The second kappa shape index (κ2) is 10.3. The predicted octanol–water partition coefficient (Wildman–Crippen LogP) is 2.34. The number of rotatable bonds is 13. The maximum Gasteiger partial charge on any atom is 0.331 e. The number of nitrogens with two attached hydrogens (primary N) is 1. The molecule has 0 fully saturated rings. The van der Waals surface area contributed by atoms with E-state index < -0.39 is 29.7 Å². The minimum atomic E-state index is -2.07. The van der Waals surface area contributed by atoms with Crippen LogP contribution in [0.25, 0.3) is 0 Å². The SMILES string of the molecule is CCCCCCCCCC(=O)[C@@](N)(CCC(=O)O)C(=O)O. The van der Waals surface area contributed by atoms with E-state index >= 15 is 0 Å². The Balaban J connectivity index is 4.13. The van der Waals surface area contributed by atoms with Crippen LogP contribution in [-0.2, 0) is 14.4 Å². The lowest BCUT2D eigenvalue weighted by molar-refractivity contribution is -0.149.